The number of rotatable bonds is 7. The van der Waals surface area contributed by atoms with Crippen LogP contribution in [0.15, 0.2) is 53.0 Å². The van der Waals surface area contributed by atoms with Crippen molar-refractivity contribution in [2.45, 2.75) is 0 Å². The SMILES string of the molecule is O=C(COC(=O)COc1ccc([N+](=O)[O-])cc1)Nc1ccccc1Br. The van der Waals surface area contributed by atoms with Crippen LogP contribution in [0.1, 0.15) is 0 Å². The van der Waals surface area contributed by atoms with Crippen molar-refractivity contribution < 1.29 is 24.0 Å². The van der Waals surface area contributed by atoms with Crippen molar-refractivity contribution in [3.05, 3.63) is 63.1 Å². The summed E-state index contributed by atoms with van der Waals surface area (Å²) in [6.45, 7) is -0.871. The summed E-state index contributed by atoms with van der Waals surface area (Å²) in [5.74, 6) is -0.948. The molecule has 0 unspecified atom stereocenters. The molecule has 0 fully saturated rings. The van der Waals surface area contributed by atoms with Crippen LogP contribution in [-0.4, -0.2) is 30.0 Å². The maximum absolute atomic E-state index is 11.7. The Kier molecular flexibility index (Phi) is 6.47. The van der Waals surface area contributed by atoms with Gasteiger partial charge < -0.3 is 14.8 Å². The van der Waals surface area contributed by atoms with Crippen LogP contribution >= 0.6 is 15.9 Å². The molecule has 0 bridgehead atoms. The minimum Gasteiger partial charge on any atom is -0.482 e. The fourth-order valence-electron chi connectivity index (χ4n) is 1.74. The van der Waals surface area contributed by atoms with E-state index in [4.69, 9.17) is 9.47 Å². The summed E-state index contributed by atoms with van der Waals surface area (Å²) in [5.41, 5.74) is 0.476. The first-order valence-electron chi connectivity index (χ1n) is 7.03. The normalized spacial score (nSPS) is 9.96. The number of nitrogens with zero attached hydrogens (tertiary/aromatic N) is 1. The van der Waals surface area contributed by atoms with Gasteiger partial charge in [0.05, 0.1) is 10.6 Å². The zero-order valence-corrected chi connectivity index (χ0v) is 14.4. The molecule has 130 valence electrons. The quantitative estimate of drug-likeness (QED) is 0.428. The second kappa shape index (κ2) is 8.78. The molecule has 9 heteroatoms. The number of nitro groups is 1. The van der Waals surface area contributed by atoms with Crippen molar-refractivity contribution >= 4 is 39.2 Å². The summed E-state index contributed by atoms with van der Waals surface area (Å²) in [5, 5.41) is 13.1. The lowest BCUT2D eigenvalue weighted by molar-refractivity contribution is -0.384. The molecule has 0 saturated carbocycles. The number of nitrogens with one attached hydrogen (secondary N) is 1. The Hall–Kier alpha value is -2.94. The molecular weight excluding hydrogens is 396 g/mol. The Morgan fingerprint density at radius 3 is 2.40 bits per heavy atom. The number of non-ortho nitro benzene ring substituents is 1. The summed E-state index contributed by atoms with van der Waals surface area (Å²) in [7, 11) is 0. The molecule has 0 radical (unpaired) electrons. The van der Waals surface area contributed by atoms with E-state index in [0.717, 1.165) is 0 Å². The minimum absolute atomic E-state index is 0.0846. The summed E-state index contributed by atoms with van der Waals surface area (Å²) >= 11 is 3.28. The number of amides is 1. The standard InChI is InChI=1S/C16H13BrN2O6/c17-13-3-1-2-4-14(13)18-15(20)9-25-16(21)10-24-12-7-5-11(6-8-12)19(22)23/h1-8H,9-10H2,(H,18,20). The lowest BCUT2D eigenvalue weighted by Gasteiger charge is -2.08. The Bertz CT molecular complexity index is 778. The molecule has 8 nitrogen and oxygen atoms in total. The molecule has 0 atom stereocenters. The van der Waals surface area contributed by atoms with Crippen molar-refractivity contribution in [2.24, 2.45) is 0 Å². The van der Waals surface area contributed by atoms with E-state index in [1.165, 1.54) is 24.3 Å². The molecule has 2 aromatic carbocycles. The molecule has 0 saturated heterocycles. The fraction of sp³-hybridized carbons (Fsp3) is 0.125. The zero-order valence-electron chi connectivity index (χ0n) is 12.8. The number of halogens is 1. The number of hydrogen-bond donors (Lipinski definition) is 1. The van der Waals surface area contributed by atoms with Crippen LogP contribution in [0, 0.1) is 10.1 Å². The third kappa shape index (κ3) is 5.88. The van der Waals surface area contributed by atoms with Crippen LogP contribution in [0.25, 0.3) is 0 Å². The van der Waals surface area contributed by atoms with Gasteiger partial charge in [0.15, 0.2) is 13.2 Å². The van der Waals surface area contributed by atoms with Crippen molar-refractivity contribution in [2.75, 3.05) is 18.5 Å². The van der Waals surface area contributed by atoms with Gasteiger partial charge in [-0.15, -0.1) is 0 Å². The van der Waals surface area contributed by atoms with Gasteiger partial charge in [-0.25, -0.2) is 4.79 Å². The fourth-order valence-corrected chi connectivity index (χ4v) is 2.13. The summed E-state index contributed by atoms with van der Waals surface area (Å²) in [4.78, 5) is 33.3. The van der Waals surface area contributed by atoms with Gasteiger partial charge in [-0.05, 0) is 40.2 Å². The van der Waals surface area contributed by atoms with Gasteiger partial charge in [-0.2, -0.15) is 0 Å². The highest BCUT2D eigenvalue weighted by Gasteiger charge is 2.11. The number of ether oxygens (including phenoxy) is 2. The molecule has 1 N–H and O–H groups in total. The van der Waals surface area contributed by atoms with Crippen LogP contribution in [0.4, 0.5) is 11.4 Å². The largest absolute Gasteiger partial charge is 0.482 e. The van der Waals surface area contributed by atoms with Gasteiger partial charge in [0.2, 0.25) is 0 Å². The van der Waals surface area contributed by atoms with Crippen molar-refractivity contribution in [3.8, 4) is 5.75 Å². The molecule has 0 aliphatic heterocycles. The van der Waals surface area contributed by atoms with Crippen molar-refractivity contribution in [3.63, 3.8) is 0 Å². The smallest absolute Gasteiger partial charge is 0.344 e. The Labute approximate surface area is 151 Å². The first-order valence-corrected chi connectivity index (χ1v) is 7.82. The third-order valence-electron chi connectivity index (χ3n) is 2.92. The first-order chi connectivity index (χ1) is 12.0. The molecule has 25 heavy (non-hydrogen) atoms. The average molecular weight is 409 g/mol. The van der Waals surface area contributed by atoms with E-state index >= 15 is 0 Å². The first kappa shape index (κ1) is 18.4. The predicted octanol–water partition coefficient (Wildman–Crippen LogP) is 2.92. The lowest BCUT2D eigenvalue weighted by Crippen LogP contribution is -2.23. The molecule has 0 spiro atoms. The van der Waals surface area contributed by atoms with E-state index in [0.29, 0.717) is 10.2 Å². The Morgan fingerprint density at radius 1 is 1.08 bits per heavy atom. The summed E-state index contributed by atoms with van der Waals surface area (Å²) in [6, 6.07) is 12.3. The van der Waals surface area contributed by atoms with Crippen LogP contribution in [0.3, 0.4) is 0 Å². The van der Waals surface area contributed by atoms with Crippen molar-refractivity contribution in [1.82, 2.24) is 0 Å². The van der Waals surface area contributed by atoms with Gasteiger partial charge >= 0.3 is 5.97 Å². The molecule has 1 amide bonds. The average Bonchev–Trinajstić information content (AvgIpc) is 2.60. The number of nitro benzene ring substituents is 1. The van der Waals surface area contributed by atoms with E-state index in [1.807, 2.05) is 0 Å². The monoisotopic (exact) mass is 408 g/mol. The number of hydrogen-bond acceptors (Lipinski definition) is 6. The van der Waals surface area contributed by atoms with Gasteiger partial charge in [-0.3, -0.25) is 14.9 Å². The van der Waals surface area contributed by atoms with Gasteiger partial charge in [-0.1, -0.05) is 12.1 Å². The van der Waals surface area contributed by atoms with Crippen LogP contribution in [0.2, 0.25) is 0 Å². The lowest BCUT2D eigenvalue weighted by atomic mass is 10.3. The molecule has 0 aliphatic rings. The maximum Gasteiger partial charge on any atom is 0.344 e. The second-order valence-electron chi connectivity index (χ2n) is 4.73. The highest BCUT2D eigenvalue weighted by Crippen LogP contribution is 2.21. The topological polar surface area (TPSA) is 108 Å². The molecule has 0 aliphatic carbocycles. The maximum atomic E-state index is 11.7. The van der Waals surface area contributed by atoms with E-state index in [2.05, 4.69) is 21.2 Å². The number of carbonyl (C=O) groups excluding carboxylic acids is 2. The van der Waals surface area contributed by atoms with Crippen molar-refractivity contribution in [1.29, 1.82) is 0 Å². The molecule has 2 aromatic rings. The third-order valence-corrected chi connectivity index (χ3v) is 3.61. The number of anilines is 1. The van der Waals surface area contributed by atoms with Crippen LogP contribution in [0.5, 0.6) is 5.75 Å². The number of benzene rings is 2. The van der Waals surface area contributed by atoms with Gasteiger partial charge in [0.1, 0.15) is 5.75 Å². The van der Waals surface area contributed by atoms with Crippen LogP contribution in [-0.2, 0) is 14.3 Å². The molecule has 0 aromatic heterocycles. The molecule has 0 heterocycles. The highest BCUT2D eigenvalue weighted by molar-refractivity contribution is 9.10. The number of carbonyl (C=O) groups is 2. The predicted molar refractivity (Wildman–Crippen MR) is 92.3 cm³/mol. The highest BCUT2D eigenvalue weighted by atomic mass is 79.9. The minimum atomic E-state index is -0.736. The number of para-hydroxylation sites is 1. The van der Waals surface area contributed by atoms with E-state index in [-0.39, 0.29) is 11.4 Å². The van der Waals surface area contributed by atoms with Gasteiger partial charge in [0.25, 0.3) is 11.6 Å². The second-order valence-corrected chi connectivity index (χ2v) is 5.58. The Balaban J connectivity index is 1.74. The molecular formula is C16H13BrN2O6. The number of esters is 1. The van der Waals surface area contributed by atoms with Crippen LogP contribution < -0.4 is 10.1 Å². The zero-order chi connectivity index (χ0) is 18.2. The summed E-state index contributed by atoms with van der Waals surface area (Å²) in [6.07, 6.45) is 0. The molecule has 2 rings (SSSR count). The Morgan fingerprint density at radius 2 is 1.76 bits per heavy atom. The summed E-state index contributed by atoms with van der Waals surface area (Å²) < 4.78 is 10.6. The van der Waals surface area contributed by atoms with E-state index in [9.17, 15) is 19.7 Å². The van der Waals surface area contributed by atoms with Gasteiger partial charge in [0, 0.05) is 16.6 Å². The van der Waals surface area contributed by atoms with E-state index in [1.54, 1.807) is 24.3 Å². The van der Waals surface area contributed by atoms with E-state index < -0.39 is 30.0 Å².